The van der Waals surface area contributed by atoms with E-state index in [1.54, 1.807) is 6.20 Å². The number of hydrogen-bond acceptors (Lipinski definition) is 3. The van der Waals surface area contributed by atoms with Crippen LogP contribution >= 0.6 is 0 Å². The summed E-state index contributed by atoms with van der Waals surface area (Å²) in [6.07, 6.45) is 3.54. The number of aryl methyl sites for hydroxylation is 1. The molecule has 0 unspecified atom stereocenters. The number of carbonyl (C=O) groups is 1. The topological polar surface area (TPSA) is 45.2 Å². The number of nitrogens with one attached hydrogen (secondary N) is 1. The number of anilines is 1. The summed E-state index contributed by atoms with van der Waals surface area (Å²) in [7, 11) is 0. The summed E-state index contributed by atoms with van der Waals surface area (Å²) in [5.74, 6) is 0.751. The van der Waals surface area contributed by atoms with Crippen LogP contribution in [0.5, 0.6) is 0 Å². The van der Waals surface area contributed by atoms with Gasteiger partial charge in [0.15, 0.2) is 0 Å². The lowest BCUT2D eigenvalue weighted by Gasteiger charge is -2.39. The highest BCUT2D eigenvalue weighted by Gasteiger charge is 2.37. The predicted molar refractivity (Wildman–Crippen MR) is 81.7 cm³/mol. The Morgan fingerprint density at radius 2 is 2.05 bits per heavy atom. The second-order valence-electron chi connectivity index (χ2n) is 6.36. The molecule has 1 fully saturated rings. The number of aromatic nitrogens is 1. The summed E-state index contributed by atoms with van der Waals surface area (Å²) in [4.78, 5) is 19.1. The van der Waals surface area contributed by atoms with Crippen LogP contribution in [0.25, 0.3) is 0 Å². The van der Waals surface area contributed by atoms with Crippen LogP contribution in [-0.4, -0.2) is 34.9 Å². The van der Waals surface area contributed by atoms with Crippen LogP contribution in [0, 0.1) is 12.3 Å². The molecule has 1 saturated heterocycles. The minimum atomic E-state index is -0.281. The lowest BCUT2D eigenvalue weighted by Crippen LogP contribution is -2.47. The van der Waals surface area contributed by atoms with E-state index < -0.39 is 0 Å². The molecule has 1 aliphatic rings. The normalized spacial score (nSPS) is 19.1. The van der Waals surface area contributed by atoms with Gasteiger partial charge in [-0.15, -0.1) is 0 Å². The third kappa shape index (κ3) is 3.37. The van der Waals surface area contributed by atoms with Crippen molar-refractivity contribution < 1.29 is 4.79 Å². The van der Waals surface area contributed by atoms with E-state index in [1.807, 2.05) is 19.1 Å². The van der Waals surface area contributed by atoms with E-state index in [0.717, 1.165) is 31.5 Å². The van der Waals surface area contributed by atoms with Gasteiger partial charge in [-0.2, -0.15) is 0 Å². The van der Waals surface area contributed by atoms with Crippen LogP contribution in [0.15, 0.2) is 18.3 Å². The molecule has 20 heavy (non-hydrogen) atoms. The zero-order valence-corrected chi connectivity index (χ0v) is 12.9. The molecule has 0 atom stereocenters. The van der Waals surface area contributed by atoms with Crippen molar-refractivity contribution >= 4 is 11.7 Å². The molecule has 0 aromatic carbocycles. The monoisotopic (exact) mass is 275 g/mol. The maximum Gasteiger partial charge on any atom is 0.231 e. The quantitative estimate of drug-likeness (QED) is 0.922. The molecule has 1 amide bonds. The Balaban J connectivity index is 1.99. The van der Waals surface area contributed by atoms with Gasteiger partial charge < -0.3 is 10.2 Å². The number of carbonyl (C=O) groups excluding carboxylic acids is 1. The molecule has 0 bridgehead atoms. The molecule has 110 valence electrons. The Kier molecular flexibility index (Phi) is 4.43. The minimum Gasteiger partial charge on any atom is -0.310 e. The number of amides is 1. The molecule has 4 nitrogen and oxygen atoms in total. The van der Waals surface area contributed by atoms with Crippen LogP contribution in [0.2, 0.25) is 0 Å². The molecule has 2 rings (SSSR count). The average molecular weight is 275 g/mol. The fourth-order valence-corrected chi connectivity index (χ4v) is 2.63. The lowest BCUT2D eigenvalue weighted by atomic mass is 9.79. The van der Waals surface area contributed by atoms with Crippen LogP contribution in [0.1, 0.15) is 39.2 Å². The molecule has 1 N–H and O–H groups in total. The van der Waals surface area contributed by atoms with Gasteiger partial charge in [0.1, 0.15) is 5.82 Å². The maximum absolute atomic E-state index is 12.5. The minimum absolute atomic E-state index is 0.0963. The fourth-order valence-electron chi connectivity index (χ4n) is 2.63. The van der Waals surface area contributed by atoms with Crippen LogP contribution in [0.3, 0.4) is 0 Å². The van der Waals surface area contributed by atoms with Crippen molar-refractivity contribution in [3.8, 4) is 0 Å². The van der Waals surface area contributed by atoms with Crippen molar-refractivity contribution in [1.29, 1.82) is 0 Å². The van der Waals surface area contributed by atoms with Crippen LogP contribution in [0.4, 0.5) is 5.82 Å². The van der Waals surface area contributed by atoms with Crippen molar-refractivity contribution in [3.63, 3.8) is 0 Å². The number of rotatable bonds is 3. The number of pyridine rings is 1. The van der Waals surface area contributed by atoms with E-state index in [1.165, 1.54) is 0 Å². The zero-order chi connectivity index (χ0) is 14.8. The molecule has 0 saturated carbocycles. The first-order chi connectivity index (χ1) is 9.40. The van der Waals surface area contributed by atoms with E-state index >= 15 is 0 Å². The Bertz CT molecular complexity index is 476. The summed E-state index contributed by atoms with van der Waals surface area (Å²) in [5, 5.41) is 2.97. The first kappa shape index (κ1) is 15.0. The van der Waals surface area contributed by atoms with E-state index in [-0.39, 0.29) is 11.3 Å². The second-order valence-corrected chi connectivity index (χ2v) is 6.36. The number of likely N-dealkylation sites (tertiary alicyclic amines) is 1. The maximum atomic E-state index is 12.5. The van der Waals surface area contributed by atoms with Crippen LogP contribution in [-0.2, 0) is 4.79 Å². The van der Waals surface area contributed by atoms with Gasteiger partial charge in [-0.25, -0.2) is 4.98 Å². The molecular weight excluding hydrogens is 250 g/mol. The van der Waals surface area contributed by atoms with Gasteiger partial charge in [-0.05, 0) is 64.4 Å². The first-order valence-corrected chi connectivity index (χ1v) is 7.39. The Morgan fingerprint density at radius 1 is 1.40 bits per heavy atom. The summed E-state index contributed by atoms with van der Waals surface area (Å²) in [5.41, 5.74) is 0.826. The molecule has 0 spiro atoms. The van der Waals surface area contributed by atoms with Crippen molar-refractivity contribution in [2.75, 3.05) is 18.4 Å². The molecular formula is C16H25N3O. The Morgan fingerprint density at radius 3 is 2.60 bits per heavy atom. The average Bonchev–Trinajstić information content (AvgIpc) is 2.39. The van der Waals surface area contributed by atoms with E-state index in [4.69, 9.17) is 0 Å². The number of hydrogen-bond donors (Lipinski definition) is 1. The SMILES string of the molecule is Cc1ccnc(NC(=O)C2(C)CCN(C(C)C)CC2)c1. The Hall–Kier alpha value is -1.42. The van der Waals surface area contributed by atoms with Crippen molar-refractivity contribution in [1.82, 2.24) is 9.88 Å². The van der Waals surface area contributed by atoms with Gasteiger partial charge in [0.2, 0.25) is 5.91 Å². The van der Waals surface area contributed by atoms with Gasteiger partial charge in [-0.3, -0.25) is 4.79 Å². The summed E-state index contributed by atoms with van der Waals surface area (Å²) in [6, 6.07) is 4.39. The molecule has 1 aromatic heterocycles. The van der Waals surface area contributed by atoms with E-state index in [0.29, 0.717) is 11.9 Å². The van der Waals surface area contributed by atoms with Crippen molar-refractivity contribution in [2.45, 2.75) is 46.6 Å². The second kappa shape index (κ2) is 5.92. The van der Waals surface area contributed by atoms with Gasteiger partial charge in [-0.1, -0.05) is 6.92 Å². The van der Waals surface area contributed by atoms with Crippen LogP contribution < -0.4 is 5.32 Å². The molecule has 0 radical (unpaired) electrons. The highest BCUT2D eigenvalue weighted by molar-refractivity contribution is 5.94. The largest absolute Gasteiger partial charge is 0.310 e. The van der Waals surface area contributed by atoms with E-state index in [9.17, 15) is 4.79 Å². The molecule has 2 heterocycles. The molecule has 1 aromatic rings. The molecule has 1 aliphatic heterocycles. The third-order valence-electron chi connectivity index (χ3n) is 4.34. The van der Waals surface area contributed by atoms with Gasteiger partial charge in [0, 0.05) is 17.7 Å². The zero-order valence-electron chi connectivity index (χ0n) is 12.9. The summed E-state index contributed by atoms with van der Waals surface area (Å²) < 4.78 is 0. The first-order valence-electron chi connectivity index (χ1n) is 7.39. The van der Waals surface area contributed by atoms with E-state index in [2.05, 4.69) is 36.0 Å². The third-order valence-corrected chi connectivity index (χ3v) is 4.34. The van der Waals surface area contributed by atoms with Gasteiger partial charge in [0.25, 0.3) is 0 Å². The highest BCUT2D eigenvalue weighted by Crippen LogP contribution is 2.32. The number of piperidine rings is 1. The fraction of sp³-hybridized carbons (Fsp3) is 0.625. The molecule has 4 heteroatoms. The van der Waals surface area contributed by atoms with Gasteiger partial charge >= 0.3 is 0 Å². The number of nitrogens with zero attached hydrogens (tertiary/aromatic N) is 2. The highest BCUT2D eigenvalue weighted by atomic mass is 16.2. The predicted octanol–water partition coefficient (Wildman–Crippen LogP) is 2.84. The Labute approximate surface area is 121 Å². The lowest BCUT2D eigenvalue weighted by molar-refractivity contribution is -0.127. The van der Waals surface area contributed by atoms with Crippen molar-refractivity contribution in [2.24, 2.45) is 5.41 Å². The smallest absolute Gasteiger partial charge is 0.231 e. The summed E-state index contributed by atoms with van der Waals surface area (Å²) in [6.45, 7) is 10.5. The summed E-state index contributed by atoms with van der Waals surface area (Å²) >= 11 is 0. The van der Waals surface area contributed by atoms with Gasteiger partial charge in [0.05, 0.1) is 0 Å². The standard InChI is InChI=1S/C16H25N3O/c1-12(2)19-9-6-16(4,7-10-19)15(20)18-14-11-13(3)5-8-17-14/h5,8,11-12H,6-7,9-10H2,1-4H3,(H,17,18,20). The molecule has 0 aliphatic carbocycles. The van der Waals surface area contributed by atoms with Crippen molar-refractivity contribution in [3.05, 3.63) is 23.9 Å².